The first kappa shape index (κ1) is 16.3. The van der Waals surface area contributed by atoms with Crippen LogP contribution in [0.3, 0.4) is 0 Å². The summed E-state index contributed by atoms with van der Waals surface area (Å²) in [7, 11) is 0. The number of carbonyl (C=O) groups is 1. The highest BCUT2D eigenvalue weighted by molar-refractivity contribution is 5.94. The number of nitrogens with one attached hydrogen (secondary N) is 1. The molecule has 3 aromatic rings. The molecule has 0 fully saturated rings. The zero-order chi connectivity index (χ0) is 18.4. The minimum Gasteiger partial charge on any atom is -0.310 e. The second kappa shape index (κ2) is 5.98. The number of carbonyl (C=O) groups excluding carboxylic acids is 1. The molecular weight excluding hydrogens is 350 g/mol. The van der Waals surface area contributed by atoms with Crippen molar-refractivity contribution in [2.45, 2.75) is 12.3 Å². The van der Waals surface area contributed by atoms with Crippen molar-refractivity contribution in [2.75, 3.05) is 5.32 Å². The van der Waals surface area contributed by atoms with Gasteiger partial charge in [-0.3, -0.25) is 4.79 Å². The highest BCUT2D eigenvalue weighted by Crippen LogP contribution is 2.38. The maximum Gasteiger partial charge on any atom is 0.226 e. The van der Waals surface area contributed by atoms with Gasteiger partial charge in [-0.2, -0.15) is 5.10 Å². The van der Waals surface area contributed by atoms with E-state index in [0.717, 1.165) is 28.9 Å². The van der Waals surface area contributed by atoms with Crippen molar-refractivity contribution in [1.29, 1.82) is 0 Å². The van der Waals surface area contributed by atoms with Gasteiger partial charge in [-0.15, -0.1) is 0 Å². The zero-order valence-corrected chi connectivity index (χ0v) is 13.1. The molecule has 0 spiro atoms. The van der Waals surface area contributed by atoms with E-state index in [0.29, 0.717) is 11.6 Å². The number of amides is 1. The standard InChI is InChI=1S/C18H11F4N3O/c19-10-1-2-16(15(22)6-10)25-18-14(8-23-25)13(7-17(26)24-18)9-3-11(20)5-12(21)4-9/h1-6,8,13H,7H2,(H,24,26). The second-order valence-electron chi connectivity index (χ2n) is 5.96. The van der Waals surface area contributed by atoms with Crippen molar-refractivity contribution in [2.24, 2.45) is 0 Å². The molecule has 1 unspecified atom stereocenters. The minimum atomic E-state index is -0.857. The molecule has 0 saturated heterocycles. The first-order chi connectivity index (χ1) is 12.4. The van der Waals surface area contributed by atoms with Gasteiger partial charge in [-0.1, -0.05) is 0 Å². The van der Waals surface area contributed by atoms with Gasteiger partial charge in [-0.25, -0.2) is 22.2 Å². The van der Waals surface area contributed by atoms with E-state index in [2.05, 4.69) is 10.4 Å². The Kier molecular flexibility index (Phi) is 3.75. The zero-order valence-electron chi connectivity index (χ0n) is 13.1. The summed E-state index contributed by atoms with van der Waals surface area (Å²) in [5.74, 6) is -3.98. The minimum absolute atomic E-state index is 0.0342. The first-order valence-electron chi connectivity index (χ1n) is 7.71. The van der Waals surface area contributed by atoms with Gasteiger partial charge in [0.2, 0.25) is 5.91 Å². The topological polar surface area (TPSA) is 46.9 Å². The number of aromatic nitrogens is 2. The van der Waals surface area contributed by atoms with Crippen LogP contribution >= 0.6 is 0 Å². The van der Waals surface area contributed by atoms with E-state index in [9.17, 15) is 22.4 Å². The van der Waals surface area contributed by atoms with Crippen LogP contribution in [0.4, 0.5) is 23.4 Å². The molecule has 0 bridgehead atoms. The molecule has 4 nitrogen and oxygen atoms in total. The third kappa shape index (κ3) is 2.73. The van der Waals surface area contributed by atoms with Gasteiger partial charge in [0.1, 0.15) is 29.0 Å². The molecule has 0 saturated carbocycles. The molecule has 2 heterocycles. The first-order valence-corrected chi connectivity index (χ1v) is 7.71. The van der Waals surface area contributed by atoms with Crippen molar-refractivity contribution in [3.8, 4) is 5.69 Å². The molecule has 1 amide bonds. The van der Waals surface area contributed by atoms with E-state index < -0.39 is 35.1 Å². The number of halogens is 4. The van der Waals surface area contributed by atoms with Crippen molar-refractivity contribution < 1.29 is 22.4 Å². The average Bonchev–Trinajstić information content (AvgIpc) is 2.96. The van der Waals surface area contributed by atoms with Gasteiger partial charge in [0, 0.05) is 30.0 Å². The molecular formula is C18H11F4N3O. The maximum absolute atomic E-state index is 14.1. The average molecular weight is 361 g/mol. The number of rotatable bonds is 2. The van der Waals surface area contributed by atoms with Crippen molar-refractivity contribution in [1.82, 2.24) is 9.78 Å². The lowest BCUT2D eigenvalue weighted by atomic mass is 9.87. The van der Waals surface area contributed by atoms with Gasteiger partial charge in [0.05, 0.1) is 6.20 Å². The fourth-order valence-corrected chi connectivity index (χ4v) is 3.13. The summed E-state index contributed by atoms with van der Waals surface area (Å²) in [5.41, 5.74) is 0.704. The normalized spacial score (nSPS) is 16.3. The Morgan fingerprint density at radius 3 is 2.42 bits per heavy atom. The highest BCUT2D eigenvalue weighted by atomic mass is 19.1. The van der Waals surface area contributed by atoms with Crippen LogP contribution in [-0.2, 0) is 4.79 Å². The molecule has 0 aliphatic carbocycles. The van der Waals surface area contributed by atoms with Crippen LogP contribution in [-0.4, -0.2) is 15.7 Å². The quantitative estimate of drug-likeness (QED) is 0.704. The monoisotopic (exact) mass is 361 g/mol. The molecule has 132 valence electrons. The SMILES string of the molecule is O=C1CC(c2cc(F)cc(F)c2)c2cnn(-c3ccc(F)cc3F)c2N1. The lowest BCUT2D eigenvalue weighted by Gasteiger charge is -2.24. The molecule has 1 aromatic heterocycles. The molecule has 1 aliphatic rings. The van der Waals surface area contributed by atoms with Crippen molar-refractivity contribution in [3.63, 3.8) is 0 Å². The largest absolute Gasteiger partial charge is 0.310 e. The summed E-state index contributed by atoms with van der Waals surface area (Å²) in [5, 5.41) is 6.66. The van der Waals surface area contributed by atoms with Crippen LogP contribution in [0.25, 0.3) is 5.69 Å². The van der Waals surface area contributed by atoms with Crippen LogP contribution in [0.5, 0.6) is 0 Å². The van der Waals surface area contributed by atoms with E-state index in [-0.39, 0.29) is 23.5 Å². The third-order valence-electron chi connectivity index (χ3n) is 4.25. The number of hydrogen-bond acceptors (Lipinski definition) is 2. The summed E-state index contributed by atoms with van der Waals surface area (Å²) < 4.78 is 55.5. The smallest absolute Gasteiger partial charge is 0.226 e. The number of anilines is 1. The molecule has 1 N–H and O–H groups in total. The van der Waals surface area contributed by atoms with E-state index in [4.69, 9.17) is 0 Å². The predicted molar refractivity (Wildman–Crippen MR) is 84.9 cm³/mol. The van der Waals surface area contributed by atoms with Crippen LogP contribution in [0.1, 0.15) is 23.5 Å². The number of fused-ring (bicyclic) bond motifs is 1. The third-order valence-corrected chi connectivity index (χ3v) is 4.25. The molecule has 26 heavy (non-hydrogen) atoms. The Bertz CT molecular complexity index is 1010. The van der Waals surface area contributed by atoms with E-state index in [1.165, 1.54) is 12.3 Å². The summed E-state index contributed by atoms with van der Waals surface area (Å²) in [6.07, 6.45) is 1.36. The Morgan fingerprint density at radius 2 is 1.73 bits per heavy atom. The fraction of sp³-hybridized carbons (Fsp3) is 0.111. The van der Waals surface area contributed by atoms with Crippen molar-refractivity contribution >= 4 is 11.7 Å². The summed E-state index contributed by atoms with van der Waals surface area (Å²) in [6, 6.07) is 5.99. The van der Waals surface area contributed by atoms with Gasteiger partial charge in [0.25, 0.3) is 0 Å². The molecule has 0 radical (unpaired) electrons. The van der Waals surface area contributed by atoms with Crippen LogP contribution in [0.2, 0.25) is 0 Å². The number of benzene rings is 2. The van der Waals surface area contributed by atoms with Crippen LogP contribution in [0, 0.1) is 23.3 Å². The molecule has 4 rings (SSSR count). The lowest BCUT2D eigenvalue weighted by Crippen LogP contribution is -2.25. The van der Waals surface area contributed by atoms with Crippen LogP contribution < -0.4 is 5.32 Å². The molecule has 2 aromatic carbocycles. The van der Waals surface area contributed by atoms with E-state index >= 15 is 0 Å². The molecule has 8 heteroatoms. The Balaban J connectivity index is 1.85. The summed E-state index contributed by atoms with van der Waals surface area (Å²) in [4.78, 5) is 12.1. The molecule has 1 aliphatic heterocycles. The fourth-order valence-electron chi connectivity index (χ4n) is 3.13. The molecule has 1 atom stereocenters. The van der Waals surface area contributed by atoms with Crippen LogP contribution in [0.15, 0.2) is 42.6 Å². The highest BCUT2D eigenvalue weighted by Gasteiger charge is 2.31. The number of nitrogens with zero attached hydrogens (tertiary/aromatic N) is 2. The van der Waals surface area contributed by atoms with Gasteiger partial charge < -0.3 is 5.32 Å². The lowest BCUT2D eigenvalue weighted by molar-refractivity contribution is -0.116. The second-order valence-corrected chi connectivity index (χ2v) is 5.96. The number of hydrogen-bond donors (Lipinski definition) is 1. The van der Waals surface area contributed by atoms with E-state index in [1.807, 2.05) is 0 Å². The summed E-state index contributed by atoms with van der Waals surface area (Å²) >= 11 is 0. The Labute approximate surface area is 145 Å². The Hall–Kier alpha value is -3.16. The van der Waals surface area contributed by atoms with Gasteiger partial charge in [-0.05, 0) is 29.8 Å². The van der Waals surface area contributed by atoms with Crippen molar-refractivity contribution in [3.05, 3.63) is 77.0 Å². The summed E-state index contributed by atoms with van der Waals surface area (Å²) in [6.45, 7) is 0. The Morgan fingerprint density at radius 1 is 1.00 bits per heavy atom. The van der Waals surface area contributed by atoms with Gasteiger partial charge in [0.15, 0.2) is 5.82 Å². The van der Waals surface area contributed by atoms with Gasteiger partial charge >= 0.3 is 0 Å². The predicted octanol–water partition coefficient (Wildman–Crippen LogP) is 3.90. The maximum atomic E-state index is 14.1. The van der Waals surface area contributed by atoms with E-state index in [1.54, 1.807) is 0 Å².